The Hall–Kier alpha value is -4.48. The van der Waals surface area contributed by atoms with E-state index >= 15 is 0 Å². The van der Waals surface area contributed by atoms with Gasteiger partial charge in [0.15, 0.2) is 41.9 Å². The normalized spacial score (nSPS) is 15.8. The van der Waals surface area contributed by atoms with Crippen molar-refractivity contribution in [1.29, 1.82) is 0 Å². The number of halogens is 17. The monoisotopic (exact) mass is 1810 g/mol. The number of nitrogens with one attached hydrogen (secondary N) is 1. The molecule has 1 N–H and O–H groups in total. The summed E-state index contributed by atoms with van der Waals surface area (Å²) in [7, 11) is 0. The number of nitrogens with zero attached hydrogens (tertiary/aromatic N) is 2. The van der Waals surface area contributed by atoms with E-state index in [9.17, 15) is 38.4 Å². The van der Waals surface area contributed by atoms with E-state index in [4.69, 9.17) is 197 Å². The molecule has 7 aromatic carbocycles. The minimum atomic E-state index is -0.487. The van der Waals surface area contributed by atoms with Crippen LogP contribution in [0, 0.1) is 17.4 Å². The molecule has 5 aliphatic carbocycles. The van der Waals surface area contributed by atoms with Crippen LogP contribution in [-0.4, -0.2) is 83.0 Å². The van der Waals surface area contributed by atoms with Crippen molar-refractivity contribution < 1.29 is 43.1 Å². The van der Waals surface area contributed by atoms with Crippen LogP contribution in [-0.2, 0) is 19.1 Å². The smallest absolute Gasteiger partial charge is 0.224 e. The maximum Gasteiger partial charge on any atom is 0.224 e. The van der Waals surface area contributed by atoms with E-state index in [1.165, 1.54) is 6.07 Å². The van der Waals surface area contributed by atoms with Crippen LogP contribution < -0.4 is 5.32 Å². The number of carbonyl (C=O) groups is 8. The van der Waals surface area contributed by atoms with Crippen molar-refractivity contribution in [1.82, 2.24) is 5.32 Å². The number of carbonyl (C=O) groups excluding carboxylic acids is 8. The van der Waals surface area contributed by atoms with Gasteiger partial charge in [-0.15, -0.1) is 23.2 Å². The highest BCUT2D eigenvalue weighted by atomic mass is 79.9. The fourth-order valence-corrected chi connectivity index (χ4v) is 14.8. The molecule has 4 saturated carbocycles. The molecule has 6 aliphatic rings. The zero-order valence-corrected chi connectivity index (χ0v) is 69.4. The second-order valence-electron chi connectivity index (χ2n) is 24.5. The van der Waals surface area contributed by atoms with Gasteiger partial charge in [-0.1, -0.05) is 190 Å². The van der Waals surface area contributed by atoms with E-state index in [2.05, 4.69) is 31.1 Å². The van der Waals surface area contributed by atoms with Crippen LogP contribution in [0.3, 0.4) is 0 Å². The van der Waals surface area contributed by atoms with E-state index in [0.717, 1.165) is 99.2 Å². The molecule has 13 rings (SSSR count). The maximum absolute atomic E-state index is 12.2. The zero-order valence-electron chi connectivity index (χ0n) is 55.8. The molecule has 29 heteroatoms. The Labute approximate surface area is 703 Å². The first-order valence-corrected chi connectivity index (χ1v) is 39.7. The number of aliphatic imine (C=N–C) groups is 1. The van der Waals surface area contributed by atoms with Crippen LogP contribution in [0.15, 0.2) is 138 Å². The largest absolute Gasteiger partial charge is 0.473 e. The summed E-state index contributed by atoms with van der Waals surface area (Å²) in [6, 6.07) is 35.3. The Kier molecular flexibility index (Phi) is 37.5. The highest BCUT2D eigenvalue weighted by molar-refractivity contribution is 9.10. The van der Waals surface area contributed by atoms with Gasteiger partial charge in [0.05, 0.1) is 29.9 Å². The molecule has 2 atom stereocenters. The Bertz CT molecular complexity index is 4350. The second kappa shape index (κ2) is 43.9. The van der Waals surface area contributed by atoms with Gasteiger partial charge in [-0.3, -0.25) is 28.8 Å². The third kappa shape index (κ3) is 27.2. The Morgan fingerprint density at radius 2 is 0.972 bits per heavy atom. The SMILES string of the molecule is Clc1ccc(C2OC=NC23CC3)c(Cl)c1.O=C(CCCCl)c1ccc(Cl)cc1Cl.O=C(c1ccc(Cl)cc1Cl)C(Br)CCCl.O=CCC1(C(=O)c2ccc(Cl)cc2Cl)CC1.O=CCC1(C(=O)c2ccc(Cl)cc2Cl)CC1.O=CNC1=C(c2ccc(Cl)cc2Cl)CC1.O=Cc1ccc(Cl)cc1Cl.[C-]#[N+]C1CC1. The summed E-state index contributed by atoms with van der Waals surface area (Å²) in [6.07, 6.45) is 16.1. The zero-order chi connectivity index (χ0) is 78.1. The van der Waals surface area contributed by atoms with Gasteiger partial charge < -0.3 is 24.5 Å². The molecule has 1 heterocycles. The van der Waals surface area contributed by atoms with Crippen molar-refractivity contribution in [3.63, 3.8) is 0 Å². The molecule has 12 nitrogen and oxygen atoms in total. The van der Waals surface area contributed by atoms with Gasteiger partial charge in [-0.2, -0.15) is 0 Å². The number of rotatable bonds is 21. The minimum absolute atomic E-state index is 0.00677. The number of ether oxygens (including phenoxy) is 1. The molecule has 2 unspecified atom stereocenters. The molecule has 0 aromatic heterocycles. The number of amides is 1. The third-order valence-electron chi connectivity index (χ3n) is 16.9. The summed E-state index contributed by atoms with van der Waals surface area (Å²) < 4.78 is 5.52. The topological polar surface area (TPSA) is 175 Å². The third-order valence-corrected chi connectivity index (χ3v) is 22.1. The van der Waals surface area contributed by atoms with E-state index in [-0.39, 0.29) is 52.4 Å². The lowest BCUT2D eigenvalue weighted by Gasteiger charge is -2.24. The van der Waals surface area contributed by atoms with Gasteiger partial charge in [0, 0.05) is 139 Å². The second-order valence-corrected chi connectivity index (χ2v) is 32.3. The van der Waals surface area contributed by atoms with Crippen molar-refractivity contribution in [2.75, 3.05) is 11.8 Å². The van der Waals surface area contributed by atoms with Crippen LogP contribution in [0.5, 0.6) is 0 Å². The molecule has 0 saturated heterocycles. The minimum Gasteiger partial charge on any atom is -0.473 e. The lowest BCUT2D eigenvalue weighted by atomic mass is 9.88. The first kappa shape index (κ1) is 90.4. The average Bonchev–Trinajstić information content (AvgIpc) is 1.61. The summed E-state index contributed by atoms with van der Waals surface area (Å²) in [5, 5.41) is 9.69. The van der Waals surface area contributed by atoms with Crippen molar-refractivity contribution in [3.05, 3.63) is 254 Å². The number of hydrogen-bond donors (Lipinski definition) is 1. The number of ketones is 4. The van der Waals surface area contributed by atoms with E-state index in [1.807, 2.05) is 18.2 Å². The van der Waals surface area contributed by atoms with Gasteiger partial charge in [0.25, 0.3) is 0 Å². The number of aldehydes is 3. The standard InChI is InChI=1S/2C12H10Cl2O2.2C11H9Cl2NO.C10H8BrCl3O.C10H9Cl3O.C7H4Cl2O.C4H5N/c2*13-8-1-2-9(10(14)7-8)11(16)12(3-4-12)5-6-15;12-7-1-2-8(9(13)5-7)10-11(3-4-11)14-6-15-10;12-7-1-2-8(10(13)5-7)9-3-4-11(9)14-6-15;11-8(3-4-12)10(15)7-2-1-6(13)5-9(7)14;11-5-1-2-10(14)8-4-3-7(12)6-9(8)13;8-6-2-1-5(4-10)7(9)3-6;1-5-4-2-3-4/h2*1-2,6-7H,3-5H2;1-2,5-6,10H,3-4H2;1-2,5-6H,3-4H2,(H,14,15);1-2,5,8H,3-4H2;3-4,6H,1-2,5H2;1-4H;4H,2-3H2. The van der Waals surface area contributed by atoms with Crippen molar-refractivity contribution in [2.24, 2.45) is 15.8 Å². The Balaban J connectivity index is 0.000000192. The van der Waals surface area contributed by atoms with E-state index in [0.29, 0.717) is 148 Å². The predicted molar refractivity (Wildman–Crippen MR) is 440 cm³/mol. The molecule has 1 aliphatic heterocycles. The molecule has 0 bridgehead atoms. The number of Topliss-reactive ketones (excluding diaryl/α,β-unsaturated/α-hetero) is 4. The molecule has 0 radical (unpaired) electrons. The molecule has 560 valence electrons. The summed E-state index contributed by atoms with van der Waals surface area (Å²) in [4.78, 5) is 96.6. The molecule has 1 spiro atoms. The first-order valence-electron chi connectivity index (χ1n) is 32.4. The van der Waals surface area contributed by atoms with Crippen LogP contribution in [0.1, 0.15) is 165 Å². The van der Waals surface area contributed by atoms with Crippen molar-refractivity contribution in [2.45, 2.75) is 119 Å². The van der Waals surface area contributed by atoms with Crippen LogP contribution in [0.2, 0.25) is 70.3 Å². The van der Waals surface area contributed by atoms with Crippen molar-refractivity contribution >= 4 is 262 Å². The van der Waals surface area contributed by atoms with Crippen LogP contribution in [0.25, 0.3) is 10.4 Å². The lowest BCUT2D eigenvalue weighted by molar-refractivity contribution is -0.109. The Morgan fingerprint density at radius 3 is 1.33 bits per heavy atom. The molecular formula is C77H64BrCl16N3O9. The van der Waals surface area contributed by atoms with E-state index in [1.54, 1.807) is 110 Å². The summed E-state index contributed by atoms with van der Waals surface area (Å²) in [5.74, 6) is 0.760. The molecule has 106 heavy (non-hydrogen) atoms. The Morgan fingerprint density at radius 1 is 0.538 bits per heavy atom. The summed E-state index contributed by atoms with van der Waals surface area (Å²) in [5.41, 5.74) is 5.36. The number of hydrogen-bond acceptors (Lipinski definition) is 10. The maximum atomic E-state index is 12.2. The van der Waals surface area contributed by atoms with Gasteiger partial charge in [0.1, 0.15) is 18.1 Å². The van der Waals surface area contributed by atoms with Crippen molar-refractivity contribution in [3.8, 4) is 0 Å². The van der Waals surface area contributed by atoms with Gasteiger partial charge in [-0.25, -0.2) is 11.6 Å². The molecule has 4 fully saturated rings. The van der Waals surface area contributed by atoms with Crippen LogP contribution in [0.4, 0.5) is 0 Å². The lowest BCUT2D eigenvalue weighted by Crippen LogP contribution is -2.19. The van der Waals surface area contributed by atoms with Gasteiger partial charge >= 0.3 is 0 Å². The molecule has 1 amide bonds. The average molecular weight is 1820 g/mol. The van der Waals surface area contributed by atoms with Crippen LogP contribution >= 0.6 is 202 Å². The summed E-state index contributed by atoms with van der Waals surface area (Å²) >= 11 is 96.0. The summed E-state index contributed by atoms with van der Waals surface area (Å²) in [6.45, 7) is 6.34. The number of benzene rings is 7. The fourth-order valence-electron chi connectivity index (χ4n) is 10.2. The fraction of sp³-hybridized carbons (Fsp3) is 0.299. The molecular weight excluding hydrogens is 1760 g/mol. The quantitative estimate of drug-likeness (QED) is 0.0318. The number of allylic oxidation sites excluding steroid dienone is 2. The van der Waals surface area contributed by atoms with E-state index < -0.39 is 10.8 Å². The molecule has 7 aromatic rings. The highest BCUT2D eigenvalue weighted by Gasteiger charge is 2.55. The van der Waals surface area contributed by atoms with Gasteiger partial charge in [-0.05, 0) is 191 Å². The van der Waals surface area contributed by atoms with Gasteiger partial charge in [0.2, 0.25) is 12.5 Å². The first-order chi connectivity index (χ1) is 50.5. The highest BCUT2D eigenvalue weighted by Crippen LogP contribution is 2.55. The predicted octanol–water partition coefficient (Wildman–Crippen LogP) is 26.6. The number of alkyl halides is 3.